The molecule has 0 aromatic rings. The third-order valence-electron chi connectivity index (χ3n) is 0.157. The molecule has 5 heteroatoms. The van der Waals surface area contributed by atoms with Crippen LogP contribution < -0.4 is 0 Å². The number of hydrogen-bond acceptors (Lipinski definition) is 2. The average molecular weight is 113 g/mol. The Balaban J connectivity index is 3.34. The van der Waals surface area contributed by atoms with Gasteiger partial charge in [0.25, 0.3) is 0 Å². The van der Waals surface area contributed by atoms with Gasteiger partial charge in [0, 0.05) is 0 Å². The Kier molecular flexibility index (Phi) is 1.62. The molecular weight excluding hydrogens is 113 g/mol. The topological polar surface area (TPSA) is 26.3 Å². The summed E-state index contributed by atoms with van der Waals surface area (Å²) in [6, 6.07) is 0. The second kappa shape index (κ2) is 1.81. The molecule has 0 spiro atoms. The van der Waals surface area contributed by atoms with Gasteiger partial charge in [-0.25, -0.2) is 4.79 Å². The van der Waals surface area contributed by atoms with Gasteiger partial charge in [-0.05, 0) is 0 Å². The molecule has 41 valence electrons. The van der Waals surface area contributed by atoms with Crippen molar-refractivity contribution in [2.45, 2.75) is 6.36 Å². The number of ether oxygens (including phenoxy) is 1. The number of carbonyl (C=O) groups excluding carboxylic acids is 1. The quantitative estimate of drug-likeness (QED) is 0.497. The Morgan fingerprint density at radius 1 is 1.43 bits per heavy atom. The van der Waals surface area contributed by atoms with E-state index in [9.17, 15) is 13.2 Å². The summed E-state index contributed by atoms with van der Waals surface area (Å²) in [7, 11) is 0. The van der Waals surface area contributed by atoms with Crippen LogP contribution in [0, 0.1) is 0 Å². The fourth-order valence-corrected chi connectivity index (χ4v) is 0.0472. The lowest BCUT2D eigenvalue weighted by Crippen LogP contribution is -2.10. The lowest BCUT2D eigenvalue weighted by Gasteiger charge is -1.96. The van der Waals surface area contributed by atoms with Gasteiger partial charge in [-0.15, -0.1) is 13.2 Å². The number of alkyl halides is 3. The second-order valence-corrected chi connectivity index (χ2v) is 0.631. The first kappa shape index (κ1) is 6.26. The number of halogens is 3. The van der Waals surface area contributed by atoms with Crippen molar-refractivity contribution in [3.05, 3.63) is 0 Å². The smallest absolute Gasteiger partial charge is 0.364 e. The van der Waals surface area contributed by atoms with Crippen LogP contribution in [-0.4, -0.2) is 12.8 Å². The Bertz CT molecular complexity index is 65.8. The largest absolute Gasteiger partial charge is 0.575 e. The maximum atomic E-state index is 10.6. The standard InChI is InChI=1S/C2F3O2/c3-2(4,5)7-1-6. The van der Waals surface area contributed by atoms with Gasteiger partial charge in [-0.2, -0.15) is 0 Å². The van der Waals surface area contributed by atoms with Crippen molar-refractivity contribution < 1.29 is 22.7 Å². The Morgan fingerprint density at radius 2 is 1.86 bits per heavy atom. The molecule has 2 nitrogen and oxygen atoms in total. The van der Waals surface area contributed by atoms with Crippen molar-refractivity contribution in [3.8, 4) is 0 Å². The predicted octanol–water partition coefficient (Wildman–Crippen LogP) is 0.590. The minimum atomic E-state index is -4.87. The molecule has 0 aromatic heterocycles. The van der Waals surface area contributed by atoms with E-state index in [2.05, 4.69) is 4.74 Å². The van der Waals surface area contributed by atoms with Crippen molar-refractivity contribution in [2.24, 2.45) is 0 Å². The minimum absolute atomic E-state index is 0.233. The van der Waals surface area contributed by atoms with Gasteiger partial charge in [-0.1, -0.05) is 0 Å². The van der Waals surface area contributed by atoms with Crippen LogP contribution in [0.2, 0.25) is 0 Å². The zero-order valence-corrected chi connectivity index (χ0v) is 2.95. The van der Waals surface area contributed by atoms with Crippen molar-refractivity contribution in [2.75, 3.05) is 0 Å². The molecule has 0 unspecified atom stereocenters. The van der Waals surface area contributed by atoms with Gasteiger partial charge in [0.1, 0.15) is 0 Å². The van der Waals surface area contributed by atoms with E-state index in [0.29, 0.717) is 0 Å². The average Bonchev–Trinajstić information content (AvgIpc) is 1.30. The van der Waals surface area contributed by atoms with Crippen LogP contribution in [-0.2, 0) is 9.53 Å². The van der Waals surface area contributed by atoms with E-state index in [1.807, 2.05) is 0 Å². The minimum Gasteiger partial charge on any atom is -0.364 e. The van der Waals surface area contributed by atoms with Gasteiger partial charge >= 0.3 is 12.8 Å². The molecule has 0 aliphatic rings. The van der Waals surface area contributed by atoms with Gasteiger partial charge in [0.15, 0.2) is 0 Å². The summed E-state index contributed by atoms with van der Waals surface area (Å²) in [6.07, 6.45) is -4.87. The summed E-state index contributed by atoms with van der Waals surface area (Å²) in [6.45, 7) is 0.233. The molecule has 0 aliphatic heterocycles. The van der Waals surface area contributed by atoms with Crippen LogP contribution in [0.25, 0.3) is 0 Å². The molecule has 0 fully saturated rings. The maximum absolute atomic E-state index is 10.6. The van der Waals surface area contributed by atoms with E-state index < -0.39 is 6.36 Å². The highest BCUT2D eigenvalue weighted by Crippen LogP contribution is 2.13. The predicted molar refractivity (Wildman–Crippen MR) is 12.8 cm³/mol. The van der Waals surface area contributed by atoms with Gasteiger partial charge in [-0.3, -0.25) is 0 Å². The van der Waals surface area contributed by atoms with Crippen LogP contribution in [0.1, 0.15) is 0 Å². The van der Waals surface area contributed by atoms with E-state index in [0.717, 1.165) is 0 Å². The molecular formula is C2F3O2. The van der Waals surface area contributed by atoms with Gasteiger partial charge in [0.2, 0.25) is 0 Å². The fourth-order valence-electron chi connectivity index (χ4n) is 0.0472. The molecule has 0 amide bonds. The Morgan fingerprint density at radius 3 is 1.86 bits per heavy atom. The maximum Gasteiger partial charge on any atom is 0.575 e. The Labute approximate surface area is 36.9 Å². The monoisotopic (exact) mass is 113 g/mol. The van der Waals surface area contributed by atoms with Crippen LogP contribution in [0.4, 0.5) is 13.2 Å². The van der Waals surface area contributed by atoms with Crippen LogP contribution in [0.15, 0.2) is 0 Å². The molecule has 0 aromatic carbocycles. The van der Waals surface area contributed by atoms with Crippen molar-refractivity contribution in [1.82, 2.24) is 0 Å². The number of hydrogen-bond donors (Lipinski definition) is 0. The summed E-state index contributed by atoms with van der Waals surface area (Å²) in [5.74, 6) is 0. The van der Waals surface area contributed by atoms with Crippen molar-refractivity contribution in [1.29, 1.82) is 0 Å². The van der Waals surface area contributed by atoms with Gasteiger partial charge in [0.05, 0.1) is 0 Å². The third-order valence-corrected chi connectivity index (χ3v) is 0.157. The second-order valence-electron chi connectivity index (χ2n) is 0.631. The third kappa shape index (κ3) is 5.26. The van der Waals surface area contributed by atoms with Crippen LogP contribution in [0.5, 0.6) is 0 Å². The summed E-state index contributed by atoms with van der Waals surface area (Å²) >= 11 is 0. The van der Waals surface area contributed by atoms with E-state index in [1.165, 1.54) is 0 Å². The molecule has 0 saturated heterocycles. The summed E-state index contributed by atoms with van der Waals surface area (Å²) in [4.78, 5) is 8.75. The first-order valence-corrected chi connectivity index (χ1v) is 1.18. The molecule has 0 atom stereocenters. The summed E-state index contributed by atoms with van der Waals surface area (Å²) in [5.41, 5.74) is 0. The Hall–Kier alpha value is -0.740. The summed E-state index contributed by atoms with van der Waals surface area (Å²) in [5, 5.41) is 0. The first-order valence-electron chi connectivity index (χ1n) is 1.18. The van der Waals surface area contributed by atoms with E-state index >= 15 is 0 Å². The molecule has 0 bridgehead atoms. The molecule has 0 saturated carbocycles. The normalized spacial score (nSPS) is 10.7. The molecule has 0 heterocycles. The zero-order chi connectivity index (χ0) is 5.91. The SMILES string of the molecule is O=[C]OC(F)(F)F. The van der Waals surface area contributed by atoms with E-state index in [4.69, 9.17) is 4.79 Å². The zero-order valence-electron chi connectivity index (χ0n) is 2.95. The molecule has 7 heavy (non-hydrogen) atoms. The fraction of sp³-hybridized carbons (Fsp3) is 0.500. The molecule has 0 aliphatic carbocycles. The molecule has 1 radical (unpaired) electrons. The van der Waals surface area contributed by atoms with Gasteiger partial charge < -0.3 is 4.74 Å². The lowest BCUT2D eigenvalue weighted by molar-refractivity contribution is -0.283. The van der Waals surface area contributed by atoms with E-state index in [-0.39, 0.29) is 6.47 Å². The molecule has 0 N–H and O–H groups in total. The molecule has 0 rings (SSSR count). The van der Waals surface area contributed by atoms with Crippen LogP contribution >= 0.6 is 0 Å². The highest BCUT2D eigenvalue weighted by molar-refractivity contribution is 5.38. The highest BCUT2D eigenvalue weighted by Gasteiger charge is 2.30. The van der Waals surface area contributed by atoms with Crippen molar-refractivity contribution >= 4 is 6.47 Å². The highest BCUT2D eigenvalue weighted by atomic mass is 19.4. The van der Waals surface area contributed by atoms with E-state index in [1.54, 1.807) is 0 Å². The number of rotatable bonds is 1. The lowest BCUT2D eigenvalue weighted by atomic mass is 11.3. The first-order chi connectivity index (χ1) is 3.06. The summed E-state index contributed by atoms with van der Waals surface area (Å²) < 4.78 is 34.1. The van der Waals surface area contributed by atoms with Crippen LogP contribution in [0.3, 0.4) is 0 Å². The van der Waals surface area contributed by atoms with Crippen molar-refractivity contribution in [3.63, 3.8) is 0 Å².